The molecule has 0 aromatic carbocycles. The van der Waals surface area contributed by atoms with Gasteiger partial charge in [-0.2, -0.15) is 5.10 Å². The van der Waals surface area contributed by atoms with Crippen molar-refractivity contribution in [2.75, 3.05) is 0 Å². The zero-order valence-corrected chi connectivity index (χ0v) is 7.70. The number of ketones is 1. The van der Waals surface area contributed by atoms with Crippen LogP contribution in [0.5, 0.6) is 0 Å². The van der Waals surface area contributed by atoms with E-state index >= 15 is 0 Å². The van der Waals surface area contributed by atoms with Crippen LogP contribution in [0.1, 0.15) is 20.3 Å². The number of rotatable bonds is 4. The van der Waals surface area contributed by atoms with Crippen molar-refractivity contribution < 1.29 is 9.59 Å². The molecule has 0 fully saturated rings. The molecule has 0 spiro atoms. The summed E-state index contributed by atoms with van der Waals surface area (Å²) < 4.78 is 0. The largest absolute Gasteiger partial charge is 0.385 e. The van der Waals surface area contributed by atoms with Gasteiger partial charge in [0.1, 0.15) is 11.6 Å². The van der Waals surface area contributed by atoms with Crippen molar-refractivity contribution in [2.45, 2.75) is 20.3 Å². The van der Waals surface area contributed by atoms with E-state index in [0.29, 0.717) is 6.42 Å². The lowest BCUT2D eigenvalue weighted by molar-refractivity contribution is -0.117. The van der Waals surface area contributed by atoms with Gasteiger partial charge in [0.2, 0.25) is 0 Å². The van der Waals surface area contributed by atoms with Gasteiger partial charge in [-0.1, -0.05) is 6.92 Å². The molecule has 0 aromatic heterocycles. The molecule has 5 N–H and O–H groups in total. The summed E-state index contributed by atoms with van der Waals surface area (Å²) in [5, 5.41) is 3.49. The first kappa shape index (κ1) is 11.4. The second-order valence-corrected chi connectivity index (χ2v) is 2.82. The molecule has 0 radical (unpaired) electrons. The molecular formula is C7H14N4O2. The Bertz CT molecular complexity index is 237. The fraction of sp³-hybridized carbons (Fsp3) is 0.571. The SMILES string of the molecule is CC(=O)CC(C)C(N)=NNC(N)=O. The summed E-state index contributed by atoms with van der Waals surface area (Å²) in [6.45, 7) is 3.20. The van der Waals surface area contributed by atoms with E-state index in [-0.39, 0.29) is 17.5 Å². The van der Waals surface area contributed by atoms with Gasteiger partial charge in [-0.15, -0.1) is 0 Å². The van der Waals surface area contributed by atoms with Crippen LogP contribution >= 0.6 is 0 Å². The van der Waals surface area contributed by atoms with Crippen LogP contribution in [0.3, 0.4) is 0 Å². The molecular weight excluding hydrogens is 172 g/mol. The smallest absolute Gasteiger partial charge is 0.332 e. The van der Waals surface area contributed by atoms with Crippen LogP contribution in [-0.4, -0.2) is 17.6 Å². The summed E-state index contributed by atoms with van der Waals surface area (Å²) in [6.07, 6.45) is 0.301. The molecule has 0 bridgehead atoms. The number of primary amides is 1. The summed E-state index contributed by atoms with van der Waals surface area (Å²) in [6, 6.07) is -0.780. The summed E-state index contributed by atoms with van der Waals surface area (Å²) in [7, 11) is 0. The normalized spacial score (nSPS) is 13.5. The number of hydrogen-bond donors (Lipinski definition) is 3. The van der Waals surface area contributed by atoms with Crippen LogP contribution in [0, 0.1) is 5.92 Å². The van der Waals surface area contributed by atoms with Crippen molar-refractivity contribution in [1.82, 2.24) is 5.43 Å². The Morgan fingerprint density at radius 3 is 2.38 bits per heavy atom. The second-order valence-electron chi connectivity index (χ2n) is 2.82. The van der Waals surface area contributed by atoms with Gasteiger partial charge in [0, 0.05) is 12.3 Å². The van der Waals surface area contributed by atoms with Crippen LogP contribution in [-0.2, 0) is 4.79 Å². The van der Waals surface area contributed by atoms with Gasteiger partial charge in [0.25, 0.3) is 0 Å². The van der Waals surface area contributed by atoms with Crippen molar-refractivity contribution in [1.29, 1.82) is 0 Å². The maximum atomic E-state index is 10.7. The predicted molar refractivity (Wildman–Crippen MR) is 48.8 cm³/mol. The first-order valence-corrected chi connectivity index (χ1v) is 3.81. The zero-order chi connectivity index (χ0) is 10.4. The van der Waals surface area contributed by atoms with Gasteiger partial charge in [-0.05, 0) is 6.92 Å². The average molecular weight is 186 g/mol. The van der Waals surface area contributed by atoms with Crippen LogP contribution < -0.4 is 16.9 Å². The van der Waals surface area contributed by atoms with E-state index in [4.69, 9.17) is 11.5 Å². The quantitative estimate of drug-likeness (QED) is 0.314. The van der Waals surface area contributed by atoms with E-state index in [1.54, 1.807) is 6.92 Å². The number of hydrazone groups is 1. The molecule has 6 heteroatoms. The van der Waals surface area contributed by atoms with Crippen molar-refractivity contribution in [2.24, 2.45) is 22.5 Å². The third kappa shape index (κ3) is 5.66. The standard InChI is InChI=1S/C7H14N4O2/c1-4(3-5(2)12)6(8)10-11-7(9)13/h4H,3H2,1-2H3,(H2,8,10)(H3,9,11,13). The number of Topliss-reactive ketones (excluding diaryl/α,β-unsaturated/α-hetero) is 1. The van der Waals surface area contributed by atoms with Gasteiger partial charge < -0.3 is 16.3 Å². The lowest BCUT2D eigenvalue weighted by Gasteiger charge is -2.07. The van der Waals surface area contributed by atoms with Crippen LogP contribution in [0.15, 0.2) is 5.10 Å². The van der Waals surface area contributed by atoms with Gasteiger partial charge in [-0.3, -0.25) is 0 Å². The van der Waals surface area contributed by atoms with Gasteiger partial charge in [-0.25, -0.2) is 10.2 Å². The minimum absolute atomic E-state index is 0.0183. The first-order valence-electron chi connectivity index (χ1n) is 3.81. The number of carbonyl (C=O) groups is 2. The molecule has 0 aliphatic carbocycles. The van der Waals surface area contributed by atoms with E-state index in [1.807, 2.05) is 5.43 Å². The highest BCUT2D eigenvalue weighted by molar-refractivity contribution is 5.88. The molecule has 1 atom stereocenters. The molecule has 0 aliphatic heterocycles. The maximum absolute atomic E-state index is 10.7. The molecule has 74 valence electrons. The fourth-order valence-electron chi connectivity index (χ4n) is 0.766. The zero-order valence-electron chi connectivity index (χ0n) is 7.70. The lowest BCUT2D eigenvalue weighted by Crippen LogP contribution is -2.31. The van der Waals surface area contributed by atoms with Crippen molar-refractivity contribution in [3.8, 4) is 0 Å². The molecule has 0 aliphatic rings. The minimum Gasteiger partial charge on any atom is -0.385 e. The Morgan fingerprint density at radius 1 is 1.46 bits per heavy atom. The summed E-state index contributed by atoms with van der Waals surface area (Å²) in [4.78, 5) is 20.9. The Balaban J connectivity index is 4.07. The van der Waals surface area contributed by atoms with Crippen molar-refractivity contribution >= 4 is 17.6 Å². The number of hydrogen-bond acceptors (Lipinski definition) is 3. The van der Waals surface area contributed by atoms with Crippen LogP contribution in [0.4, 0.5) is 4.79 Å². The molecule has 0 rings (SSSR count). The molecule has 6 nitrogen and oxygen atoms in total. The number of urea groups is 1. The monoisotopic (exact) mass is 186 g/mol. The highest BCUT2D eigenvalue weighted by Crippen LogP contribution is 2.01. The highest BCUT2D eigenvalue weighted by atomic mass is 16.2. The molecule has 13 heavy (non-hydrogen) atoms. The predicted octanol–water partition coefficient (Wildman–Crippen LogP) is -0.458. The Morgan fingerprint density at radius 2 is 2.00 bits per heavy atom. The lowest BCUT2D eigenvalue weighted by atomic mass is 10.1. The minimum atomic E-state index is -0.780. The summed E-state index contributed by atoms with van der Waals surface area (Å²) >= 11 is 0. The molecule has 0 aromatic rings. The van der Waals surface area contributed by atoms with Gasteiger partial charge in [0.05, 0.1) is 0 Å². The van der Waals surface area contributed by atoms with Crippen molar-refractivity contribution in [3.63, 3.8) is 0 Å². The average Bonchev–Trinajstić information content (AvgIpc) is 1.98. The molecule has 0 heterocycles. The fourth-order valence-corrected chi connectivity index (χ4v) is 0.766. The van der Waals surface area contributed by atoms with E-state index in [1.165, 1.54) is 6.92 Å². The van der Waals surface area contributed by atoms with Crippen LogP contribution in [0.2, 0.25) is 0 Å². The number of nitrogens with one attached hydrogen (secondary N) is 1. The molecule has 2 amide bonds. The first-order chi connectivity index (χ1) is 5.93. The van der Waals surface area contributed by atoms with E-state index in [9.17, 15) is 9.59 Å². The maximum Gasteiger partial charge on any atom is 0.332 e. The van der Waals surface area contributed by atoms with Crippen LogP contribution in [0.25, 0.3) is 0 Å². The molecule has 1 unspecified atom stereocenters. The van der Waals surface area contributed by atoms with Gasteiger partial charge in [0.15, 0.2) is 0 Å². The van der Waals surface area contributed by atoms with Crippen molar-refractivity contribution in [3.05, 3.63) is 0 Å². The Kier molecular flexibility index (Phi) is 4.50. The van der Waals surface area contributed by atoms with E-state index in [2.05, 4.69) is 5.10 Å². The number of amides is 2. The summed E-state index contributed by atoms with van der Waals surface area (Å²) in [5.74, 6) is 0.0167. The molecule has 0 saturated heterocycles. The molecule has 0 saturated carbocycles. The Labute approximate surface area is 76.3 Å². The topological polar surface area (TPSA) is 111 Å². The third-order valence-electron chi connectivity index (χ3n) is 1.39. The third-order valence-corrected chi connectivity index (χ3v) is 1.39. The van der Waals surface area contributed by atoms with E-state index < -0.39 is 6.03 Å². The van der Waals surface area contributed by atoms with E-state index in [0.717, 1.165) is 0 Å². The van der Waals surface area contributed by atoms with Gasteiger partial charge >= 0.3 is 6.03 Å². The second kappa shape index (κ2) is 5.13. The number of amidine groups is 1. The Hall–Kier alpha value is -1.59. The number of nitrogens with zero attached hydrogens (tertiary/aromatic N) is 1. The number of carbonyl (C=O) groups excluding carboxylic acids is 2. The summed E-state index contributed by atoms with van der Waals surface area (Å²) in [5.41, 5.74) is 12.2. The number of nitrogens with two attached hydrogens (primary N) is 2. The highest BCUT2D eigenvalue weighted by Gasteiger charge is 2.09.